The summed E-state index contributed by atoms with van der Waals surface area (Å²) in [6, 6.07) is 7.20. The number of nitrogens with zero attached hydrogens (tertiary/aromatic N) is 8. The molecule has 123 heavy (non-hydrogen) atoms. The molecule has 12 atom stereocenters. The Morgan fingerprint density at radius 2 is 1.00 bits per heavy atom. The second-order valence-corrected chi connectivity index (χ2v) is 43.2. The summed E-state index contributed by atoms with van der Waals surface area (Å²) in [4.78, 5) is 133. The number of aromatic nitrogens is 4. The Morgan fingerprint density at radius 3 is 1.33 bits per heavy atom. The van der Waals surface area contributed by atoms with Crippen LogP contribution in [0.2, 0.25) is 0 Å². The van der Waals surface area contributed by atoms with Gasteiger partial charge in [0.15, 0.2) is 10.3 Å². The first kappa shape index (κ1) is 95.2. The number of carboxylic acids is 2. The zero-order valence-electron chi connectivity index (χ0n) is 73.7. The van der Waals surface area contributed by atoms with Gasteiger partial charge in [0, 0.05) is 121 Å². The predicted molar refractivity (Wildman–Crippen MR) is 473 cm³/mol. The van der Waals surface area contributed by atoms with Gasteiger partial charge in [-0.05, 0) is 92.9 Å². The van der Waals surface area contributed by atoms with E-state index < -0.39 is 161 Å². The third kappa shape index (κ3) is 22.6. The maximum Gasteiger partial charge on any atom is 0.330 e. The molecule has 11 rings (SSSR count). The Bertz CT molecular complexity index is 5230. The molecule has 5 aliphatic rings. The Morgan fingerprint density at radius 1 is 0.602 bits per heavy atom. The highest BCUT2D eigenvalue weighted by atomic mass is 32.2. The van der Waals surface area contributed by atoms with Crippen LogP contribution in [-0.4, -0.2) is 251 Å². The molecule has 2 saturated carbocycles. The van der Waals surface area contributed by atoms with Gasteiger partial charge < -0.3 is 81.5 Å². The first-order valence-corrected chi connectivity index (χ1v) is 46.2. The lowest BCUT2D eigenvalue weighted by molar-refractivity contribution is -0.146. The minimum absolute atomic E-state index is 0.0000434. The molecule has 8 amide bonds. The van der Waals surface area contributed by atoms with Gasteiger partial charge in [-0.2, -0.15) is 4.31 Å². The number of likely N-dealkylation sites (N-methyl/N-ethyl adjacent to an activating group) is 1. The monoisotopic (exact) mass is 1780 g/mol. The number of nitrogens with one attached hydrogen (secondary N) is 8. The van der Waals surface area contributed by atoms with Crippen LogP contribution in [0.1, 0.15) is 143 Å². The number of aliphatic carboxylic acids is 2. The Kier molecular flexibility index (Phi) is 28.7. The number of hydrogen-bond donors (Lipinski definition) is 10. The van der Waals surface area contributed by atoms with Crippen LogP contribution < -0.4 is 61.5 Å². The molecular weight excluding hydrogens is 1660 g/mol. The van der Waals surface area contributed by atoms with Crippen molar-refractivity contribution in [2.24, 2.45) is 33.5 Å². The van der Waals surface area contributed by atoms with Gasteiger partial charge in [-0.25, -0.2) is 60.3 Å². The van der Waals surface area contributed by atoms with Crippen molar-refractivity contribution in [1.29, 1.82) is 0 Å². The number of sulfonamides is 2. The molecule has 3 aliphatic heterocycles. The second kappa shape index (κ2) is 37.0. The molecule has 38 heteroatoms. The largest absolute Gasteiger partial charge is 0.497 e. The van der Waals surface area contributed by atoms with Crippen LogP contribution >= 0.6 is 22.7 Å². The maximum atomic E-state index is 14.9. The summed E-state index contributed by atoms with van der Waals surface area (Å²) in [7, 11) is -2.48. The lowest BCUT2D eigenvalue weighted by atomic mass is 9.85. The molecule has 5 fully saturated rings. The molecule has 3 saturated heterocycles. The van der Waals surface area contributed by atoms with Gasteiger partial charge >= 0.3 is 24.0 Å². The molecule has 2 aliphatic carbocycles. The topological polar surface area (TPSA) is 443 Å². The number of methoxy groups -OCH3 is 2. The molecule has 34 nitrogen and oxygen atoms in total. The van der Waals surface area contributed by atoms with E-state index in [0.717, 1.165) is 20.8 Å². The maximum absolute atomic E-state index is 14.9. The minimum atomic E-state index is -3.57. The Hall–Kier alpha value is -10.0. The Labute approximate surface area is 727 Å². The number of rotatable bonds is 31. The number of hydrogen-bond acceptors (Lipinski definition) is 24. The standard InChI is InChI=1S/C43H60N8O9S2.C42H60N8O9S2/c1-11-25-20-43(25,38(54)55)49-36(52)32-18-27(60-33-19-30(31-23-61-40(46-31)44-24(2)3)45-29-17-26(59-10)13-14-28(29)33)21-51(32)37(53)35(42(7,8)9)48-39(56)47-34(41(4,5)6)22-50-15-12-16-62(50,57)58;1-13-24-19-42(24,37(53)54)48-35(51)31-17-26(59-32-18-29(30-22-60-39(45-30)43-23(2)3)44-28-16-25(58-11)14-15-27(28)32)20-50(31)36(52)34(41(7,8)9)47-38(55)46-33(40(4,5)6)21-49(10)61(12,56)57/h11,13-14,17,19,23-25,27,32,34-35H,1,12,15-16,18,20-22H2,2-10H3,(H,44,46)(H,49,52)(H,54,55)(H2,47,48,56);13-16,18,22-24,26,31,33-34H,1,17,19-21H2,2-12H3,(H,43,45)(H,48,51)(H,53,54)(H2,46,47,55)/t25?,27-,32+,34-,35-,43-;24?,26-,31+,33-,34-,42-/m11/s1. The van der Waals surface area contributed by atoms with Crippen LogP contribution in [0.4, 0.5) is 19.9 Å². The normalized spacial score (nSPS) is 22.4. The first-order valence-electron chi connectivity index (χ1n) is 41.0. The summed E-state index contributed by atoms with van der Waals surface area (Å²) in [5.74, 6) is -3.91. The number of urea groups is 2. The van der Waals surface area contributed by atoms with Crippen molar-refractivity contribution in [3.8, 4) is 45.8 Å². The number of thiazole rings is 2. The number of amides is 8. The molecule has 7 heterocycles. The molecule has 10 N–H and O–H groups in total. The van der Waals surface area contributed by atoms with E-state index in [-0.39, 0.29) is 69.7 Å². The van der Waals surface area contributed by atoms with Gasteiger partial charge in [0.25, 0.3) is 0 Å². The van der Waals surface area contributed by atoms with Gasteiger partial charge in [0.1, 0.15) is 81.8 Å². The predicted octanol–water partition coefficient (Wildman–Crippen LogP) is 9.55. The van der Waals surface area contributed by atoms with E-state index in [1.807, 2.05) is 92.1 Å². The average Bonchev–Trinajstić information content (AvgIpc) is 1.59. The number of carbonyl (C=O) groups is 8. The van der Waals surface area contributed by atoms with E-state index in [2.05, 4.69) is 55.7 Å². The van der Waals surface area contributed by atoms with Crippen LogP contribution in [0.5, 0.6) is 23.0 Å². The molecule has 0 radical (unpaired) electrons. The van der Waals surface area contributed by atoms with Gasteiger partial charge in [0.05, 0.1) is 61.7 Å². The summed E-state index contributed by atoms with van der Waals surface area (Å²) in [6.07, 6.45) is 3.32. The smallest absolute Gasteiger partial charge is 0.330 e. The van der Waals surface area contributed by atoms with Crippen molar-refractivity contribution in [2.45, 2.75) is 215 Å². The number of pyridine rings is 2. The summed E-state index contributed by atoms with van der Waals surface area (Å²) in [5.41, 5.74) is -2.65. The van der Waals surface area contributed by atoms with Crippen LogP contribution in [0, 0.1) is 33.5 Å². The lowest BCUT2D eigenvalue weighted by Gasteiger charge is -2.37. The van der Waals surface area contributed by atoms with E-state index in [1.165, 1.54) is 56.0 Å². The number of carbonyl (C=O) groups excluding carboxylic acids is 6. The van der Waals surface area contributed by atoms with E-state index >= 15 is 0 Å². The lowest BCUT2D eigenvalue weighted by Crippen LogP contribution is -2.62. The number of carboxylic acid groups (broad SMARTS) is 2. The molecule has 0 bridgehead atoms. The molecule has 2 aromatic carbocycles. The fraction of sp³-hybridized carbons (Fsp3) is 0.576. The van der Waals surface area contributed by atoms with Gasteiger partial charge in [0.2, 0.25) is 43.7 Å². The highest BCUT2D eigenvalue weighted by Crippen LogP contribution is 2.47. The quantitative estimate of drug-likeness (QED) is 0.0181. The molecule has 4 aromatic heterocycles. The highest BCUT2D eigenvalue weighted by molar-refractivity contribution is 7.89. The third-order valence-corrected chi connectivity index (χ3v) is 27.5. The average molecular weight is 1780 g/mol. The van der Waals surface area contributed by atoms with E-state index in [1.54, 1.807) is 92.2 Å². The second-order valence-electron chi connectivity index (χ2n) is 37.3. The minimum Gasteiger partial charge on any atom is -0.497 e. The first-order chi connectivity index (χ1) is 57.2. The van der Waals surface area contributed by atoms with Crippen molar-refractivity contribution in [1.82, 2.24) is 70.2 Å². The molecular formula is C85H120N16O18S4. The SMILES string of the molecule is C=CC1C[C@]1(NC(=O)[C@@H]1C[C@@H](Oc2cc(-c3csc(NC(C)C)n3)nc3cc(OC)ccc23)CN1C(=O)[C@@H](NC(=O)N[C@H](CN(C)S(C)(=O)=O)C(C)(C)C)C(C)(C)C)C(=O)O.C=CC1C[C@]1(NC(=O)[C@@H]1C[C@@H](Oc2cc(-c3csc(NC(C)C)n3)nc3cc(OC)ccc23)CN1C(=O)[C@@H](NC(=O)N[C@H](CN1CCCS1(=O)=O)C(C)(C)C)C(C)(C)C)C(=O)O. The van der Waals surface area contributed by atoms with E-state index in [9.17, 15) is 65.4 Å². The Balaban J connectivity index is 0.000000258. The molecule has 6 aromatic rings. The fourth-order valence-electron chi connectivity index (χ4n) is 15.1. The summed E-state index contributed by atoms with van der Waals surface area (Å²) < 4.78 is 76.9. The number of likely N-dealkylation sites (tertiary alicyclic amines) is 2. The number of benzene rings is 2. The summed E-state index contributed by atoms with van der Waals surface area (Å²) in [6.45, 7) is 37.7. The van der Waals surface area contributed by atoms with Gasteiger partial charge in [-0.3, -0.25) is 19.2 Å². The molecule has 0 spiro atoms. The number of ether oxygens (including phenoxy) is 4. The van der Waals surface area contributed by atoms with Gasteiger partial charge in [-0.15, -0.1) is 35.8 Å². The van der Waals surface area contributed by atoms with Crippen molar-refractivity contribution >= 4 is 122 Å². The van der Waals surface area contributed by atoms with Crippen molar-refractivity contribution in [2.75, 3.05) is 76.6 Å². The van der Waals surface area contributed by atoms with Crippen LogP contribution in [0.3, 0.4) is 0 Å². The van der Waals surface area contributed by atoms with E-state index in [4.69, 9.17) is 38.9 Å². The van der Waals surface area contributed by atoms with Crippen LogP contribution in [0.25, 0.3) is 44.6 Å². The fourth-order valence-corrected chi connectivity index (χ4v) is 18.7. The molecule has 2 unspecified atom stereocenters. The van der Waals surface area contributed by atoms with Crippen molar-refractivity contribution < 1.29 is 84.4 Å². The zero-order chi connectivity index (χ0) is 90.9. The van der Waals surface area contributed by atoms with Crippen LogP contribution in [0.15, 0.2) is 84.6 Å². The van der Waals surface area contributed by atoms with Crippen LogP contribution in [-0.2, 0) is 48.8 Å². The summed E-state index contributed by atoms with van der Waals surface area (Å²) >= 11 is 2.88. The molecule has 672 valence electrons. The third-order valence-electron chi connectivity index (χ3n) is 22.7. The van der Waals surface area contributed by atoms with E-state index in [0.29, 0.717) is 80.5 Å². The van der Waals surface area contributed by atoms with Crippen molar-refractivity contribution in [3.05, 3.63) is 84.6 Å². The van der Waals surface area contributed by atoms with Crippen molar-refractivity contribution in [3.63, 3.8) is 0 Å². The number of anilines is 2. The van der Waals surface area contributed by atoms with Gasteiger partial charge in [-0.1, -0.05) is 95.2 Å². The highest BCUT2D eigenvalue weighted by Gasteiger charge is 2.63. The summed E-state index contributed by atoms with van der Waals surface area (Å²) in [5, 5.41) is 50.4. The zero-order valence-corrected chi connectivity index (χ0v) is 77.0. The number of fused-ring (bicyclic) bond motifs is 2.